The van der Waals surface area contributed by atoms with Crippen molar-refractivity contribution in [1.82, 2.24) is 0 Å². The van der Waals surface area contributed by atoms with Crippen molar-refractivity contribution in [2.24, 2.45) is 11.8 Å². The number of ether oxygens (including phenoxy) is 2. The van der Waals surface area contributed by atoms with Crippen LogP contribution in [0.15, 0.2) is 45.3 Å². The van der Waals surface area contributed by atoms with E-state index in [1.807, 2.05) is 4.72 Å². The van der Waals surface area contributed by atoms with Crippen molar-refractivity contribution in [1.29, 1.82) is 0 Å². The Bertz CT molecular complexity index is 977. The summed E-state index contributed by atoms with van der Waals surface area (Å²) in [6.07, 6.45) is 4.99. The van der Waals surface area contributed by atoms with Gasteiger partial charge in [0.2, 0.25) is 0 Å². The number of aromatic hydroxyl groups is 1. The van der Waals surface area contributed by atoms with E-state index in [0.717, 1.165) is 22.7 Å². The lowest BCUT2D eigenvalue weighted by Crippen LogP contribution is -2.10. The third-order valence-electron chi connectivity index (χ3n) is 4.44. The second-order valence-corrected chi connectivity index (χ2v) is 10.2. The molecule has 2 fully saturated rings. The molecule has 0 saturated heterocycles. The lowest BCUT2D eigenvalue weighted by molar-refractivity contribution is 0.297. The summed E-state index contributed by atoms with van der Waals surface area (Å²) < 4.78 is 44.4. The third kappa shape index (κ3) is 8.33. The SMILES string of the molecule is O=S(=O)(O)Nc1ccc(OCC2CC2)c(Br)c1.Oc1ccc(OCC2CC2)c(Br)c1. The number of hydrogen-bond donors (Lipinski definition) is 3. The molecule has 0 bridgehead atoms. The number of anilines is 1. The number of benzene rings is 2. The Morgan fingerprint density at radius 2 is 1.40 bits per heavy atom. The Kier molecular flexibility index (Phi) is 7.89. The van der Waals surface area contributed by atoms with Crippen LogP contribution in [0.2, 0.25) is 0 Å². The van der Waals surface area contributed by atoms with E-state index in [-0.39, 0.29) is 11.4 Å². The van der Waals surface area contributed by atoms with Crippen molar-refractivity contribution in [3.63, 3.8) is 0 Å². The van der Waals surface area contributed by atoms with E-state index in [4.69, 9.17) is 19.1 Å². The summed E-state index contributed by atoms with van der Waals surface area (Å²) in [7, 11) is -4.23. The average Bonchev–Trinajstić information content (AvgIpc) is 3.54. The van der Waals surface area contributed by atoms with E-state index in [9.17, 15) is 8.42 Å². The molecule has 7 nitrogen and oxygen atoms in total. The number of phenolic OH excluding ortho intramolecular Hbond substituents is 1. The standard InChI is InChI=1S/C10H12BrNO4S.C10H11BrO2/c11-9-5-8(12-17(13,14)15)3-4-10(9)16-6-7-1-2-7;11-9-5-8(12)3-4-10(9)13-6-7-1-2-7/h3-5,7,12H,1-2,6H2,(H,13,14,15);3-5,7,12H,1-2,6H2. The Hall–Kier alpha value is -1.49. The molecule has 2 saturated carbocycles. The van der Waals surface area contributed by atoms with Gasteiger partial charge in [-0.15, -0.1) is 0 Å². The van der Waals surface area contributed by atoms with Gasteiger partial charge in [0, 0.05) is 0 Å². The van der Waals surface area contributed by atoms with Gasteiger partial charge in [-0.3, -0.25) is 9.27 Å². The second-order valence-electron chi connectivity index (χ2n) is 7.35. The molecule has 30 heavy (non-hydrogen) atoms. The van der Waals surface area contributed by atoms with Gasteiger partial charge in [-0.1, -0.05) is 0 Å². The fourth-order valence-corrected chi connectivity index (χ4v) is 3.82. The average molecular weight is 565 g/mol. The van der Waals surface area contributed by atoms with Crippen LogP contribution in [0.25, 0.3) is 0 Å². The quantitative estimate of drug-likeness (QED) is 0.371. The third-order valence-corrected chi connectivity index (χ3v) is 6.17. The molecule has 2 aliphatic rings. The van der Waals surface area contributed by atoms with Crippen LogP contribution in [-0.4, -0.2) is 31.3 Å². The molecule has 0 aromatic heterocycles. The highest BCUT2D eigenvalue weighted by molar-refractivity contribution is 9.10. The van der Waals surface area contributed by atoms with Crippen LogP contribution in [0.1, 0.15) is 25.7 Å². The molecule has 0 atom stereocenters. The van der Waals surface area contributed by atoms with Gasteiger partial charge in [0.05, 0.1) is 27.8 Å². The minimum atomic E-state index is -4.23. The summed E-state index contributed by atoms with van der Waals surface area (Å²) in [6.45, 7) is 1.48. The van der Waals surface area contributed by atoms with Crippen molar-refractivity contribution in [3.05, 3.63) is 45.3 Å². The van der Waals surface area contributed by atoms with E-state index in [1.54, 1.807) is 24.3 Å². The van der Waals surface area contributed by atoms with Crippen LogP contribution in [0.4, 0.5) is 5.69 Å². The van der Waals surface area contributed by atoms with Crippen molar-refractivity contribution in [2.75, 3.05) is 17.9 Å². The normalized spacial score (nSPS) is 15.7. The molecule has 0 aliphatic heterocycles. The van der Waals surface area contributed by atoms with Crippen LogP contribution >= 0.6 is 31.9 Å². The highest BCUT2D eigenvalue weighted by atomic mass is 79.9. The first kappa shape index (κ1) is 23.2. The summed E-state index contributed by atoms with van der Waals surface area (Å²) in [4.78, 5) is 0. The molecule has 0 heterocycles. The van der Waals surface area contributed by atoms with E-state index in [2.05, 4.69) is 31.9 Å². The van der Waals surface area contributed by atoms with Gasteiger partial charge in [0.25, 0.3) is 0 Å². The first-order chi connectivity index (χ1) is 14.2. The van der Waals surface area contributed by atoms with Crippen molar-refractivity contribution in [3.8, 4) is 17.2 Å². The highest BCUT2D eigenvalue weighted by Gasteiger charge is 2.23. The van der Waals surface area contributed by atoms with Gasteiger partial charge < -0.3 is 14.6 Å². The predicted octanol–water partition coefficient (Wildman–Crippen LogP) is 5.40. The van der Waals surface area contributed by atoms with Crippen LogP contribution in [0, 0.1) is 11.8 Å². The number of rotatable bonds is 8. The van der Waals surface area contributed by atoms with E-state index >= 15 is 0 Å². The molecule has 0 unspecified atom stereocenters. The monoisotopic (exact) mass is 563 g/mol. The lowest BCUT2D eigenvalue weighted by atomic mass is 10.3. The van der Waals surface area contributed by atoms with Crippen LogP contribution in [0.5, 0.6) is 17.2 Å². The van der Waals surface area contributed by atoms with Crippen molar-refractivity contribution >= 4 is 47.9 Å². The van der Waals surface area contributed by atoms with Gasteiger partial charge in [-0.2, -0.15) is 8.42 Å². The van der Waals surface area contributed by atoms with Gasteiger partial charge in [0.1, 0.15) is 17.2 Å². The molecule has 10 heteroatoms. The summed E-state index contributed by atoms with van der Waals surface area (Å²) in [5.41, 5.74) is 0.276. The maximum atomic E-state index is 10.6. The van der Waals surface area contributed by atoms with E-state index in [0.29, 0.717) is 22.7 Å². The van der Waals surface area contributed by atoms with Crippen LogP contribution in [0.3, 0.4) is 0 Å². The maximum absolute atomic E-state index is 10.6. The van der Waals surface area contributed by atoms with Crippen molar-refractivity contribution < 1.29 is 27.6 Å². The van der Waals surface area contributed by atoms with Gasteiger partial charge in [0.15, 0.2) is 0 Å². The number of phenols is 1. The van der Waals surface area contributed by atoms with E-state index in [1.165, 1.54) is 37.8 Å². The highest BCUT2D eigenvalue weighted by Crippen LogP contribution is 2.34. The fourth-order valence-electron chi connectivity index (χ4n) is 2.42. The van der Waals surface area contributed by atoms with Crippen LogP contribution in [-0.2, 0) is 10.3 Å². The Morgan fingerprint density at radius 3 is 1.83 bits per heavy atom. The zero-order valence-corrected chi connectivity index (χ0v) is 20.0. The Labute approximate surface area is 192 Å². The zero-order valence-electron chi connectivity index (χ0n) is 16.1. The number of hydrogen-bond acceptors (Lipinski definition) is 5. The molecule has 2 aliphatic carbocycles. The largest absolute Gasteiger partial charge is 0.508 e. The molecule has 0 spiro atoms. The summed E-state index contributed by atoms with van der Waals surface area (Å²) in [6, 6.07) is 9.77. The number of halogens is 2. The van der Waals surface area contributed by atoms with Gasteiger partial charge in [-0.25, -0.2) is 0 Å². The molecular formula is C20H23Br2NO6S. The smallest absolute Gasteiger partial charge is 0.357 e. The molecule has 0 amide bonds. The molecule has 4 rings (SSSR count). The van der Waals surface area contributed by atoms with Crippen molar-refractivity contribution in [2.45, 2.75) is 25.7 Å². The zero-order chi connectivity index (χ0) is 21.7. The summed E-state index contributed by atoms with van der Waals surface area (Å²) in [5, 5.41) is 9.14. The lowest BCUT2D eigenvalue weighted by Gasteiger charge is -2.09. The van der Waals surface area contributed by atoms with Crippen LogP contribution < -0.4 is 14.2 Å². The summed E-state index contributed by atoms with van der Waals surface area (Å²) in [5.74, 6) is 3.13. The predicted molar refractivity (Wildman–Crippen MR) is 122 cm³/mol. The molecule has 2 aromatic rings. The molecule has 3 N–H and O–H groups in total. The Balaban J connectivity index is 0.000000177. The number of nitrogens with one attached hydrogen (secondary N) is 1. The molecule has 2 aromatic carbocycles. The maximum Gasteiger partial charge on any atom is 0.357 e. The summed E-state index contributed by atoms with van der Waals surface area (Å²) >= 11 is 6.62. The van der Waals surface area contributed by atoms with Gasteiger partial charge in [-0.05, 0) is 106 Å². The fraction of sp³-hybridized carbons (Fsp3) is 0.400. The topological polar surface area (TPSA) is 105 Å². The molecule has 0 radical (unpaired) electrons. The molecule has 164 valence electrons. The second kappa shape index (κ2) is 10.2. The van der Waals surface area contributed by atoms with E-state index < -0.39 is 10.3 Å². The minimum Gasteiger partial charge on any atom is -0.508 e. The Morgan fingerprint density at radius 1 is 0.900 bits per heavy atom. The minimum absolute atomic E-state index is 0.255. The molecular weight excluding hydrogens is 542 g/mol. The van der Waals surface area contributed by atoms with Gasteiger partial charge >= 0.3 is 10.3 Å². The first-order valence-electron chi connectivity index (χ1n) is 9.48. The first-order valence-corrected chi connectivity index (χ1v) is 12.5.